The van der Waals surface area contributed by atoms with Crippen molar-refractivity contribution in [3.8, 4) is 0 Å². The first-order valence-corrected chi connectivity index (χ1v) is 11.9. The number of carbonyl (C=O) groups is 2. The Morgan fingerprint density at radius 3 is 2.42 bits per heavy atom. The van der Waals surface area contributed by atoms with E-state index in [9.17, 15) is 14.0 Å². The van der Waals surface area contributed by atoms with Crippen LogP contribution in [0.15, 0.2) is 48.5 Å². The molecule has 0 unspecified atom stereocenters. The number of amides is 1. The molecule has 2 fully saturated rings. The topological polar surface area (TPSA) is 60.9 Å². The average molecular weight is 453 g/mol. The van der Waals surface area contributed by atoms with Crippen LogP contribution in [0.25, 0.3) is 0 Å². The lowest BCUT2D eigenvalue weighted by Crippen LogP contribution is -2.45. The average Bonchev–Trinajstić information content (AvgIpc) is 3.01. The van der Waals surface area contributed by atoms with E-state index in [1.165, 1.54) is 6.07 Å². The lowest BCUT2D eigenvalue weighted by atomic mass is 9.75. The van der Waals surface area contributed by atoms with Crippen LogP contribution in [0, 0.1) is 17.2 Å². The van der Waals surface area contributed by atoms with Gasteiger partial charge in [0.05, 0.1) is 11.0 Å². The smallest absolute Gasteiger partial charge is 0.335 e. The maximum atomic E-state index is 13.7. The van der Waals surface area contributed by atoms with Gasteiger partial charge in [0.2, 0.25) is 5.91 Å². The number of carboxylic acids is 1. The Bertz CT molecular complexity index is 997. The Morgan fingerprint density at radius 2 is 1.82 bits per heavy atom. The van der Waals surface area contributed by atoms with Crippen molar-refractivity contribution in [3.63, 3.8) is 0 Å². The molecule has 176 valence electrons. The van der Waals surface area contributed by atoms with Gasteiger partial charge in [0.1, 0.15) is 5.82 Å². The quantitative estimate of drug-likeness (QED) is 0.667. The van der Waals surface area contributed by atoms with E-state index in [0.717, 1.165) is 56.6 Å². The van der Waals surface area contributed by atoms with Crippen molar-refractivity contribution in [2.45, 2.75) is 52.1 Å². The second-order valence-corrected chi connectivity index (χ2v) is 10.1. The number of piperidine rings is 1. The van der Waals surface area contributed by atoms with Gasteiger partial charge < -0.3 is 10.0 Å². The second-order valence-electron chi connectivity index (χ2n) is 10.1. The van der Waals surface area contributed by atoms with Crippen LogP contribution in [0.3, 0.4) is 0 Å². The number of hydrogen-bond donors (Lipinski definition) is 1. The minimum Gasteiger partial charge on any atom is -0.478 e. The van der Waals surface area contributed by atoms with Crippen LogP contribution >= 0.6 is 0 Å². The summed E-state index contributed by atoms with van der Waals surface area (Å²) < 4.78 is 13.7. The maximum Gasteiger partial charge on any atom is 0.335 e. The molecule has 2 heterocycles. The third-order valence-electron chi connectivity index (χ3n) is 7.12. The Kier molecular flexibility index (Phi) is 6.84. The van der Waals surface area contributed by atoms with Crippen molar-refractivity contribution in [1.29, 1.82) is 0 Å². The number of benzene rings is 2. The van der Waals surface area contributed by atoms with Gasteiger partial charge in [-0.3, -0.25) is 9.69 Å². The van der Waals surface area contributed by atoms with E-state index in [1.807, 2.05) is 18.2 Å². The molecule has 0 saturated carbocycles. The summed E-state index contributed by atoms with van der Waals surface area (Å²) in [7, 11) is 0. The monoisotopic (exact) mass is 452 g/mol. The van der Waals surface area contributed by atoms with E-state index >= 15 is 0 Å². The first-order chi connectivity index (χ1) is 15.8. The molecular weight excluding hydrogens is 419 g/mol. The highest BCUT2D eigenvalue weighted by molar-refractivity contribution is 5.87. The number of hydrogen-bond acceptors (Lipinski definition) is 3. The van der Waals surface area contributed by atoms with Crippen molar-refractivity contribution < 1.29 is 19.1 Å². The molecule has 2 aliphatic heterocycles. The fourth-order valence-corrected chi connectivity index (χ4v) is 5.43. The van der Waals surface area contributed by atoms with Crippen LogP contribution in [-0.2, 0) is 17.8 Å². The third kappa shape index (κ3) is 5.27. The molecule has 2 saturated heterocycles. The predicted molar refractivity (Wildman–Crippen MR) is 125 cm³/mol. The molecule has 6 heteroatoms. The van der Waals surface area contributed by atoms with Crippen LogP contribution in [0.1, 0.15) is 54.6 Å². The molecule has 5 nitrogen and oxygen atoms in total. The first-order valence-electron chi connectivity index (χ1n) is 11.9. The fraction of sp³-hybridized carbons (Fsp3) is 0.481. The summed E-state index contributed by atoms with van der Waals surface area (Å²) in [6.07, 6.45) is 3.18. The Morgan fingerprint density at radius 1 is 1.12 bits per heavy atom. The molecule has 0 aromatic heterocycles. The SMILES string of the molecule is CC(C)CN1C(=O)C2(CCN(Cc3ccc(C(=O)O)cc3)CC2)C[C@H]1Cc1cccc(F)c1. The van der Waals surface area contributed by atoms with Crippen LogP contribution in [0.4, 0.5) is 4.39 Å². The summed E-state index contributed by atoms with van der Waals surface area (Å²) in [5.41, 5.74) is 2.00. The van der Waals surface area contributed by atoms with Crippen LogP contribution in [-0.4, -0.2) is 52.5 Å². The summed E-state index contributed by atoms with van der Waals surface area (Å²) in [4.78, 5) is 29.1. The molecule has 1 spiro atoms. The van der Waals surface area contributed by atoms with Crippen molar-refractivity contribution in [1.82, 2.24) is 9.80 Å². The molecule has 2 aromatic carbocycles. The number of aromatic carboxylic acids is 1. The highest BCUT2D eigenvalue weighted by Crippen LogP contribution is 2.45. The normalized spacial score (nSPS) is 20.7. The second kappa shape index (κ2) is 9.64. The van der Waals surface area contributed by atoms with Gasteiger partial charge in [0.15, 0.2) is 0 Å². The number of carboxylic acid groups (broad SMARTS) is 1. The molecule has 2 aromatic rings. The van der Waals surface area contributed by atoms with Gasteiger partial charge in [0, 0.05) is 19.1 Å². The van der Waals surface area contributed by atoms with E-state index in [4.69, 9.17) is 5.11 Å². The number of carbonyl (C=O) groups excluding carboxylic acids is 1. The molecule has 1 N–H and O–H groups in total. The zero-order valence-electron chi connectivity index (χ0n) is 19.5. The molecule has 1 amide bonds. The summed E-state index contributed by atoms with van der Waals surface area (Å²) in [5.74, 6) is -0.498. The molecule has 4 rings (SSSR count). The summed E-state index contributed by atoms with van der Waals surface area (Å²) >= 11 is 0. The predicted octanol–water partition coefficient (Wildman–Crippen LogP) is 4.61. The molecule has 2 aliphatic rings. The molecule has 0 aliphatic carbocycles. The lowest BCUT2D eigenvalue weighted by Gasteiger charge is -2.38. The molecule has 0 bridgehead atoms. The standard InChI is InChI=1S/C27H33FN2O3/c1-19(2)17-30-24(15-21-4-3-5-23(28)14-21)16-27(26(30)33)10-12-29(13-11-27)18-20-6-8-22(9-7-20)25(31)32/h3-9,14,19,24H,10-13,15-18H2,1-2H3,(H,31,32)/t24-/m1/s1. The number of likely N-dealkylation sites (tertiary alicyclic amines) is 2. The zero-order chi connectivity index (χ0) is 23.6. The van der Waals surface area contributed by atoms with Gasteiger partial charge in [-0.1, -0.05) is 38.1 Å². The van der Waals surface area contributed by atoms with Gasteiger partial charge in [-0.2, -0.15) is 0 Å². The van der Waals surface area contributed by atoms with Gasteiger partial charge in [0.25, 0.3) is 0 Å². The highest BCUT2D eigenvalue weighted by Gasteiger charge is 2.52. The van der Waals surface area contributed by atoms with E-state index in [0.29, 0.717) is 17.9 Å². The molecular formula is C27H33FN2O3. The third-order valence-corrected chi connectivity index (χ3v) is 7.12. The Hall–Kier alpha value is -2.73. The van der Waals surface area contributed by atoms with Crippen molar-refractivity contribution >= 4 is 11.9 Å². The van der Waals surface area contributed by atoms with Crippen LogP contribution in [0.5, 0.6) is 0 Å². The van der Waals surface area contributed by atoms with Gasteiger partial charge in [-0.15, -0.1) is 0 Å². The van der Waals surface area contributed by atoms with Gasteiger partial charge >= 0.3 is 5.97 Å². The lowest BCUT2D eigenvalue weighted by molar-refractivity contribution is -0.139. The van der Waals surface area contributed by atoms with E-state index in [1.54, 1.807) is 24.3 Å². The minimum atomic E-state index is -0.917. The van der Waals surface area contributed by atoms with Crippen LogP contribution < -0.4 is 0 Å². The van der Waals surface area contributed by atoms with E-state index in [-0.39, 0.29) is 23.2 Å². The molecule has 1 atom stereocenters. The van der Waals surface area contributed by atoms with Gasteiger partial charge in [-0.05, 0) is 80.1 Å². The van der Waals surface area contributed by atoms with E-state index < -0.39 is 5.97 Å². The summed E-state index contributed by atoms with van der Waals surface area (Å²) in [6.45, 7) is 7.45. The number of nitrogens with zero attached hydrogens (tertiary/aromatic N) is 2. The van der Waals surface area contributed by atoms with Crippen molar-refractivity contribution in [2.24, 2.45) is 11.3 Å². The fourth-order valence-electron chi connectivity index (χ4n) is 5.43. The Labute approximate surface area is 195 Å². The number of halogens is 1. The van der Waals surface area contributed by atoms with Crippen molar-refractivity contribution in [2.75, 3.05) is 19.6 Å². The number of rotatable bonds is 7. The highest BCUT2D eigenvalue weighted by atomic mass is 19.1. The maximum absolute atomic E-state index is 13.7. The molecule has 0 radical (unpaired) electrons. The molecule has 33 heavy (non-hydrogen) atoms. The zero-order valence-corrected chi connectivity index (χ0v) is 19.5. The first kappa shape index (κ1) is 23.4. The van der Waals surface area contributed by atoms with Gasteiger partial charge in [-0.25, -0.2) is 9.18 Å². The summed E-state index contributed by atoms with van der Waals surface area (Å²) in [5, 5.41) is 9.08. The minimum absolute atomic E-state index is 0.108. The largest absolute Gasteiger partial charge is 0.478 e. The summed E-state index contributed by atoms with van der Waals surface area (Å²) in [6, 6.07) is 13.9. The Balaban J connectivity index is 1.43. The van der Waals surface area contributed by atoms with Crippen LogP contribution in [0.2, 0.25) is 0 Å². The van der Waals surface area contributed by atoms with E-state index in [2.05, 4.69) is 23.6 Å². The van der Waals surface area contributed by atoms with Crippen molar-refractivity contribution in [3.05, 3.63) is 71.0 Å².